The average molecular weight is 458 g/mol. The monoisotopic (exact) mass is 458 g/mol. The van der Waals surface area contributed by atoms with Gasteiger partial charge in [0.2, 0.25) is 0 Å². The summed E-state index contributed by atoms with van der Waals surface area (Å²) < 4.78 is 1.97. The topological polar surface area (TPSA) is 66.6 Å². The van der Waals surface area contributed by atoms with Crippen LogP contribution in [0, 0.1) is 5.41 Å². The van der Waals surface area contributed by atoms with Crippen LogP contribution < -0.4 is 10.6 Å². The number of pyridine rings is 1. The van der Waals surface area contributed by atoms with Crippen LogP contribution in [0.3, 0.4) is 0 Å². The summed E-state index contributed by atoms with van der Waals surface area (Å²) in [6.45, 7) is 12.4. The lowest BCUT2D eigenvalue weighted by Gasteiger charge is -2.23. The Kier molecular flexibility index (Phi) is 8.61. The second-order valence-corrected chi connectivity index (χ2v) is 7.38. The molecule has 2 aromatic rings. The van der Waals surface area contributed by atoms with Gasteiger partial charge in [-0.3, -0.25) is 4.40 Å². The van der Waals surface area contributed by atoms with Gasteiger partial charge in [0.15, 0.2) is 17.4 Å². The van der Waals surface area contributed by atoms with Gasteiger partial charge in [-0.05, 0) is 44.2 Å². The Balaban J connectivity index is 0.00000312. The van der Waals surface area contributed by atoms with E-state index in [1.165, 1.54) is 6.42 Å². The maximum Gasteiger partial charge on any atom is 0.191 e. The number of rotatable bonds is 6. The van der Waals surface area contributed by atoms with Gasteiger partial charge in [0.05, 0.1) is 0 Å². The quantitative estimate of drug-likeness (QED) is 0.394. The van der Waals surface area contributed by atoms with Crippen molar-refractivity contribution in [3.05, 3.63) is 30.2 Å². The molecule has 0 radical (unpaired) electrons. The van der Waals surface area contributed by atoms with Crippen LogP contribution >= 0.6 is 24.0 Å². The molecule has 2 N–H and O–H groups in total. The third-order valence-electron chi connectivity index (χ3n) is 3.82. The SMILES string of the molecule is CCNC(=NCc1nnc2ccccn12)NC(C)CCC(C)(C)C.I. The number of halogens is 1. The molecule has 7 heteroatoms. The number of nitrogens with zero attached hydrogens (tertiary/aromatic N) is 4. The Morgan fingerprint density at radius 3 is 2.72 bits per heavy atom. The normalized spacial score (nSPS) is 13.4. The summed E-state index contributed by atoms with van der Waals surface area (Å²) in [4.78, 5) is 4.66. The molecule has 6 nitrogen and oxygen atoms in total. The van der Waals surface area contributed by atoms with Crippen molar-refractivity contribution in [2.24, 2.45) is 10.4 Å². The predicted octanol–water partition coefficient (Wildman–Crippen LogP) is 3.62. The van der Waals surface area contributed by atoms with E-state index in [9.17, 15) is 0 Å². The molecule has 0 aliphatic rings. The van der Waals surface area contributed by atoms with Crippen LogP contribution in [0.25, 0.3) is 5.65 Å². The van der Waals surface area contributed by atoms with Gasteiger partial charge in [-0.1, -0.05) is 26.8 Å². The van der Waals surface area contributed by atoms with Crippen LogP contribution in [0.1, 0.15) is 53.3 Å². The Morgan fingerprint density at radius 1 is 1.28 bits per heavy atom. The standard InChI is InChI=1S/C18H30N6.HI/c1-6-19-17(21-14(2)10-11-18(3,4)5)20-13-16-23-22-15-9-7-8-12-24(15)16;/h7-9,12,14H,6,10-11,13H2,1-5H3,(H2,19,20,21);1H. The van der Waals surface area contributed by atoms with E-state index < -0.39 is 0 Å². The summed E-state index contributed by atoms with van der Waals surface area (Å²) >= 11 is 0. The smallest absolute Gasteiger partial charge is 0.191 e. The lowest BCUT2D eigenvalue weighted by molar-refractivity contribution is 0.346. The molecular formula is C18H31IN6. The molecule has 2 rings (SSSR count). The average Bonchev–Trinajstić information content (AvgIpc) is 2.93. The van der Waals surface area contributed by atoms with Crippen LogP contribution in [0.4, 0.5) is 0 Å². The number of guanidine groups is 1. The number of hydrogen-bond donors (Lipinski definition) is 2. The van der Waals surface area contributed by atoms with Crippen LogP contribution in [-0.4, -0.2) is 33.1 Å². The predicted molar refractivity (Wildman–Crippen MR) is 115 cm³/mol. The third kappa shape index (κ3) is 7.17. The number of fused-ring (bicyclic) bond motifs is 1. The van der Waals surface area contributed by atoms with Crippen molar-refractivity contribution < 1.29 is 0 Å². The van der Waals surface area contributed by atoms with Crippen molar-refractivity contribution in [1.29, 1.82) is 0 Å². The maximum absolute atomic E-state index is 4.66. The number of nitrogens with one attached hydrogen (secondary N) is 2. The second kappa shape index (κ2) is 9.94. The van der Waals surface area contributed by atoms with Gasteiger partial charge >= 0.3 is 0 Å². The Bertz CT molecular complexity index is 674. The second-order valence-electron chi connectivity index (χ2n) is 7.38. The lowest BCUT2D eigenvalue weighted by Crippen LogP contribution is -2.42. The first-order valence-electron chi connectivity index (χ1n) is 8.72. The molecule has 0 spiro atoms. The van der Waals surface area contributed by atoms with E-state index in [0.717, 1.165) is 30.4 Å². The van der Waals surface area contributed by atoms with Crippen LogP contribution in [0.15, 0.2) is 29.4 Å². The largest absolute Gasteiger partial charge is 0.357 e. The van der Waals surface area contributed by atoms with Crippen LogP contribution in [0.2, 0.25) is 0 Å². The highest BCUT2D eigenvalue weighted by Gasteiger charge is 2.13. The fraction of sp³-hybridized carbons (Fsp3) is 0.611. The summed E-state index contributed by atoms with van der Waals surface area (Å²) in [5, 5.41) is 15.2. The van der Waals surface area contributed by atoms with Gasteiger partial charge in [-0.25, -0.2) is 4.99 Å². The highest BCUT2D eigenvalue weighted by Crippen LogP contribution is 2.21. The number of hydrogen-bond acceptors (Lipinski definition) is 3. The molecular weight excluding hydrogens is 427 g/mol. The maximum atomic E-state index is 4.66. The highest BCUT2D eigenvalue weighted by atomic mass is 127. The molecule has 0 fully saturated rings. The van der Waals surface area contributed by atoms with E-state index in [1.807, 2.05) is 28.8 Å². The highest BCUT2D eigenvalue weighted by molar-refractivity contribution is 14.0. The molecule has 2 aromatic heterocycles. The number of aromatic nitrogens is 3. The fourth-order valence-corrected chi connectivity index (χ4v) is 2.42. The molecule has 0 bridgehead atoms. The van der Waals surface area contributed by atoms with Gasteiger partial charge in [-0.15, -0.1) is 34.2 Å². The van der Waals surface area contributed by atoms with Gasteiger partial charge in [0.25, 0.3) is 0 Å². The number of aliphatic imine (C=N–C) groups is 1. The summed E-state index contributed by atoms with van der Waals surface area (Å²) in [7, 11) is 0. The van der Waals surface area contributed by atoms with E-state index in [2.05, 4.69) is 60.4 Å². The zero-order chi connectivity index (χ0) is 17.6. The molecule has 140 valence electrons. The zero-order valence-electron chi connectivity index (χ0n) is 15.9. The molecule has 0 aliphatic carbocycles. The van der Waals surface area contributed by atoms with Crippen molar-refractivity contribution in [3.8, 4) is 0 Å². The van der Waals surface area contributed by atoms with Crippen molar-refractivity contribution in [2.45, 2.75) is 60.0 Å². The van der Waals surface area contributed by atoms with E-state index in [4.69, 9.17) is 0 Å². The Morgan fingerprint density at radius 2 is 2.04 bits per heavy atom. The zero-order valence-corrected chi connectivity index (χ0v) is 18.2. The van der Waals surface area contributed by atoms with Gasteiger partial charge in [0, 0.05) is 18.8 Å². The van der Waals surface area contributed by atoms with E-state index in [0.29, 0.717) is 18.0 Å². The summed E-state index contributed by atoms with van der Waals surface area (Å²) in [6, 6.07) is 6.25. The third-order valence-corrected chi connectivity index (χ3v) is 3.82. The first kappa shape index (κ1) is 21.7. The minimum absolute atomic E-state index is 0. The summed E-state index contributed by atoms with van der Waals surface area (Å²) in [5.41, 5.74) is 1.20. The molecule has 25 heavy (non-hydrogen) atoms. The van der Waals surface area contributed by atoms with E-state index in [1.54, 1.807) is 0 Å². The molecule has 1 unspecified atom stereocenters. The molecule has 0 saturated carbocycles. The molecule has 0 amide bonds. The van der Waals surface area contributed by atoms with Gasteiger partial charge < -0.3 is 10.6 Å². The van der Waals surface area contributed by atoms with Gasteiger partial charge in [-0.2, -0.15) is 0 Å². The van der Waals surface area contributed by atoms with E-state index >= 15 is 0 Å². The minimum atomic E-state index is 0. The van der Waals surface area contributed by atoms with Crippen LogP contribution in [0.5, 0.6) is 0 Å². The van der Waals surface area contributed by atoms with Crippen molar-refractivity contribution >= 4 is 35.6 Å². The lowest BCUT2D eigenvalue weighted by atomic mass is 9.89. The Labute approximate surface area is 167 Å². The Hall–Kier alpha value is -1.38. The molecule has 1 atom stereocenters. The molecule has 2 heterocycles. The van der Waals surface area contributed by atoms with E-state index in [-0.39, 0.29) is 24.0 Å². The van der Waals surface area contributed by atoms with Crippen LogP contribution in [-0.2, 0) is 6.54 Å². The first-order valence-corrected chi connectivity index (χ1v) is 8.72. The van der Waals surface area contributed by atoms with Crippen molar-refractivity contribution in [2.75, 3.05) is 6.54 Å². The fourth-order valence-electron chi connectivity index (χ4n) is 2.42. The first-order chi connectivity index (χ1) is 11.4. The summed E-state index contributed by atoms with van der Waals surface area (Å²) in [6.07, 6.45) is 4.25. The van der Waals surface area contributed by atoms with Crippen molar-refractivity contribution in [1.82, 2.24) is 25.2 Å². The van der Waals surface area contributed by atoms with Gasteiger partial charge in [0.1, 0.15) is 6.54 Å². The van der Waals surface area contributed by atoms with Crippen molar-refractivity contribution in [3.63, 3.8) is 0 Å². The molecule has 0 saturated heterocycles. The minimum Gasteiger partial charge on any atom is -0.357 e. The summed E-state index contributed by atoms with van der Waals surface area (Å²) in [5.74, 6) is 1.66. The molecule has 0 aromatic carbocycles. The molecule has 0 aliphatic heterocycles.